The number of rotatable bonds is 32. The minimum absolute atomic E-state index is 0.146. The summed E-state index contributed by atoms with van der Waals surface area (Å²) in [7, 11) is 0. The molecule has 0 spiro atoms. The summed E-state index contributed by atoms with van der Waals surface area (Å²) >= 11 is 50.2. The number of carbonyl (C=O) groups excluding carboxylic acids is 4. The molecule has 4 amide bonds. The van der Waals surface area contributed by atoms with Crippen LogP contribution in [-0.2, 0) is 38.1 Å². The lowest BCUT2D eigenvalue weighted by atomic mass is 9.89. The Hall–Kier alpha value is -10.7. The van der Waals surface area contributed by atoms with E-state index in [0.29, 0.717) is 139 Å². The third-order valence-corrected chi connectivity index (χ3v) is 25.6. The van der Waals surface area contributed by atoms with E-state index in [2.05, 4.69) is 94.8 Å². The summed E-state index contributed by atoms with van der Waals surface area (Å²) in [6.45, 7) is 30.5. The van der Waals surface area contributed by atoms with E-state index in [0.717, 1.165) is 70.2 Å². The second-order valence-electron chi connectivity index (χ2n) is 33.3. The summed E-state index contributed by atoms with van der Waals surface area (Å²) in [5.74, 6) is 2.88. The number of halogens is 8. The molecule has 4 aliphatic rings. The maximum atomic E-state index is 13.9. The van der Waals surface area contributed by atoms with Gasteiger partial charge < -0.3 is 56.2 Å². The van der Waals surface area contributed by atoms with E-state index < -0.39 is 97.2 Å². The van der Waals surface area contributed by atoms with Crippen LogP contribution in [0.2, 0.25) is 40.2 Å². The third-order valence-electron chi connectivity index (χ3n) is 23.7. The number of benzene rings is 8. The molecule has 16 rings (SSSR count). The first kappa shape index (κ1) is 103. The molecule has 0 radical (unpaired) electrons. The highest BCUT2D eigenvalue weighted by Gasteiger charge is 2.53. The Kier molecular flexibility index (Phi) is 36.7. The van der Waals surface area contributed by atoms with E-state index in [9.17, 15) is 19.2 Å². The summed E-state index contributed by atoms with van der Waals surface area (Å²) in [4.78, 5) is 63.1. The summed E-state index contributed by atoms with van der Waals surface area (Å²) in [5, 5.41) is 38.1. The van der Waals surface area contributed by atoms with Gasteiger partial charge in [-0.2, -0.15) is 0 Å². The first-order chi connectivity index (χ1) is 65.7. The van der Waals surface area contributed by atoms with Crippen molar-refractivity contribution in [2.75, 3.05) is 0 Å². The second kappa shape index (κ2) is 48.6. The molecule has 0 aliphatic carbocycles. The minimum Gasteiger partial charge on any atom is -0.423 e. The van der Waals surface area contributed by atoms with E-state index >= 15 is 0 Å². The Balaban J connectivity index is 0.000000153. The number of carbonyl (C=O) groups is 4. The smallest absolute Gasteiger partial charge is 0.253 e. The SMILES string of the molecule is C=CC[C@@H]1O[C@@H](c2cccc(Cl)c2)[C@@H](c2ccc(Cl)cc2)N([C@@H](CCC)c2nnc(C)o2)C1=O.C=CC[C@@H]1O[C@@H](c2cccc(Cl)c2)[C@@H](c2ccc(Cl)cc2)N([C@H](CCC)c2nnc(C)o2)C1=O.C=CC[C@H]1O[C@H](c2cccc(Cl)c2)[C@H](c2ccc(Cl)cc2)N([C@@H](CCC)c2nnc(C)o2)C1=O.C=CC[C@H]1O[C@H](c2cccc(Cl)c2)[C@H](c2ccc(Cl)cc2)N([C@H](CCC)c2nnc(C)o2)C1=O. The molecule has 4 aliphatic heterocycles. The van der Waals surface area contributed by atoms with Crippen LogP contribution in [0.4, 0.5) is 0 Å². The van der Waals surface area contributed by atoms with E-state index in [1.807, 2.05) is 214 Å². The number of ether oxygens (including phenoxy) is 4. The van der Waals surface area contributed by atoms with Crippen molar-refractivity contribution in [3.05, 3.63) is 377 Å². The first-order valence-electron chi connectivity index (χ1n) is 45.3. The maximum Gasteiger partial charge on any atom is 0.253 e. The van der Waals surface area contributed by atoms with E-state index in [4.69, 9.17) is 129 Å². The molecule has 24 nitrogen and oxygen atoms in total. The highest BCUT2D eigenvalue weighted by Crippen LogP contribution is 2.54. The lowest BCUT2D eigenvalue weighted by Gasteiger charge is -2.47. The number of nitrogens with zero attached hydrogens (tertiary/aromatic N) is 12. The number of hydrogen-bond acceptors (Lipinski definition) is 20. The van der Waals surface area contributed by atoms with Gasteiger partial charge in [-0.15, -0.1) is 67.1 Å². The van der Waals surface area contributed by atoms with E-state index in [1.165, 1.54) is 0 Å². The molecule has 136 heavy (non-hydrogen) atoms. The van der Waals surface area contributed by atoms with Gasteiger partial charge in [-0.25, -0.2) is 0 Å². The summed E-state index contributed by atoms with van der Waals surface area (Å²) in [5.41, 5.74) is 7.03. The summed E-state index contributed by atoms with van der Waals surface area (Å²) in [6.07, 6.45) is 9.46. The van der Waals surface area contributed by atoms with Crippen LogP contribution < -0.4 is 0 Å². The van der Waals surface area contributed by atoms with Crippen molar-refractivity contribution in [3.63, 3.8) is 0 Å². The summed E-state index contributed by atoms with van der Waals surface area (Å²) < 4.78 is 49.2. The van der Waals surface area contributed by atoms with Crippen molar-refractivity contribution in [3.8, 4) is 0 Å². The van der Waals surface area contributed by atoms with Gasteiger partial charge in [0.05, 0.1) is 24.2 Å². The van der Waals surface area contributed by atoms with Crippen molar-refractivity contribution in [2.24, 2.45) is 0 Å². The van der Waals surface area contributed by atoms with Gasteiger partial charge in [0.2, 0.25) is 47.1 Å². The van der Waals surface area contributed by atoms with Crippen LogP contribution in [0, 0.1) is 27.7 Å². The molecule has 12 aromatic rings. The van der Waals surface area contributed by atoms with Crippen LogP contribution in [0.1, 0.15) is 269 Å². The number of morpholine rings is 4. The number of aromatic nitrogens is 8. The van der Waals surface area contributed by atoms with Crippen molar-refractivity contribution >= 4 is 116 Å². The Morgan fingerprint density at radius 3 is 0.625 bits per heavy atom. The van der Waals surface area contributed by atoms with Crippen LogP contribution in [0.3, 0.4) is 0 Å². The van der Waals surface area contributed by atoms with Gasteiger partial charge in [-0.1, -0.05) is 268 Å². The topological polar surface area (TPSA) is 274 Å². The van der Waals surface area contributed by atoms with E-state index in [1.54, 1.807) is 52.0 Å². The van der Waals surface area contributed by atoms with Crippen LogP contribution in [0.25, 0.3) is 0 Å². The molecule has 8 heterocycles. The molecular weight excluding hydrogens is 1890 g/mol. The zero-order valence-electron chi connectivity index (χ0n) is 76.6. The van der Waals surface area contributed by atoms with Crippen molar-refractivity contribution in [1.29, 1.82) is 0 Å². The average Bonchev–Trinajstić information content (AvgIpc) is 1.10. The molecule has 4 aromatic heterocycles. The molecule has 16 atom stereocenters. The fourth-order valence-electron chi connectivity index (χ4n) is 17.8. The molecule has 4 fully saturated rings. The maximum absolute atomic E-state index is 13.9. The molecule has 0 N–H and O–H groups in total. The predicted octanol–water partition coefficient (Wildman–Crippen LogP) is 27.2. The lowest BCUT2D eigenvalue weighted by Crippen LogP contribution is -2.52. The third kappa shape index (κ3) is 24.7. The van der Waals surface area contributed by atoms with Crippen molar-refractivity contribution in [2.45, 2.75) is 230 Å². The van der Waals surface area contributed by atoms with Crippen LogP contribution in [-0.4, -0.2) is 108 Å². The van der Waals surface area contributed by atoms with Gasteiger partial charge in [0.15, 0.2) is 0 Å². The van der Waals surface area contributed by atoms with Gasteiger partial charge >= 0.3 is 0 Å². The van der Waals surface area contributed by atoms with Crippen molar-refractivity contribution in [1.82, 2.24) is 60.4 Å². The Morgan fingerprint density at radius 2 is 0.471 bits per heavy atom. The standard InChI is InChI=1S/4C26H27Cl2N3O3/c4*1-4-7-21(25-30-29-16(3)33-25)31-23(17-11-13-19(27)14-12-17)24(18-9-6-10-20(28)15-18)34-22(8-5-2)26(31)32/h4*5-6,9-15,21-24H,2,4,7-8H2,1,3H3/t2*21-,22+,23-,24+;2*21-,22-,23+,24-/m1010/s1. The van der Waals surface area contributed by atoms with Gasteiger partial charge in [0.25, 0.3) is 23.6 Å². The second-order valence-corrected chi connectivity index (χ2v) is 36.8. The largest absolute Gasteiger partial charge is 0.423 e. The molecule has 32 heteroatoms. The highest BCUT2D eigenvalue weighted by molar-refractivity contribution is 6.32. The fourth-order valence-corrected chi connectivity index (χ4v) is 19.1. The van der Waals surface area contributed by atoms with Crippen molar-refractivity contribution < 1.29 is 55.8 Å². The molecule has 0 saturated carbocycles. The molecule has 0 unspecified atom stereocenters. The lowest BCUT2D eigenvalue weighted by molar-refractivity contribution is -0.181. The quantitative estimate of drug-likeness (QED) is 0.0354. The van der Waals surface area contributed by atoms with Crippen LogP contribution >= 0.6 is 92.8 Å². The number of hydrogen-bond donors (Lipinski definition) is 0. The van der Waals surface area contributed by atoms with Gasteiger partial charge in [-0.05, 0) is 167 Å². The zero-order valence-corrected chi connectivity index (χ0v) is 82.7. The Labute approximate surface area is 832 Å². The van der Waals surface area contributed by atoms with Gasteiger partial charge in [0.1, 0.15) is 73.0 Å². The zero-order chi connectivity index (χ0) is 97.0. The fraction of sp³-hybridized carbons (Fsp3) is 0.346. The highest BCUT2D eigenvalue weighted by atomic mass is 35.5. The monoisotopic (exact) mass is 2000 g/mol. The van der Waals surface area contributed by atoms with Gasteiger partial charge in [0, 0.05) is 93.6 Å². The Bertz CT molecular complexity index is 5320. The number of aryl methyl sites for hydroxylation is 4. The minimum atomic E-state index is -0.701. The normalized spacial score (nSPS) is 21.5. The first-order valence-corrected chi connectivity index (χ1v) is 48.3. The summed E-state index contributed by atoms with van der Waals surface area (Å²) in [6, 6.07) is 56.5. The average molecular weight is 2000 g/mol. The van der Waals surface area contributed by atoms with Gasteiger partial charge in [-0.3, -0.25) is 19.2 Å². The Morgan fingerprint density at radius 1 is 0.279 bits per heavy atom. The molecule has 712 valence electrons. The van der Waals surface area contributed by atoms with Crippen LogP contribution in [0.15, 0.2) is 262 Å². The molecule has 4 saturated heterocycles. The molecule has 8 aromatic carbocycles. The molecule has 0 bridgehead atoms. The van der Waals surface area contributed by atoms with Crippen LogP contribution in [0.5, 0.6) is 0 Å². The number of amides is 4. The van der Waals surface area contributed by atoms with E-state index in [-0.39, 0.29) is 23.6 Å². The predicted molar refractivity (Wildman–Crippen MR) is 526 cm³/mol. The molecular formula is C104H108Cl8N12O12.